The molecule has 0 rings (SSSR count). The molecular weight excluding hydrogens is 317 g/mol. The van der Waals surface area contributed by atoms with E-state index in [2.05, 4.69) is 4.74 Å². The van der Waals surface area contributed by atoms with Crippen molar-refractivity contribution in [2.45, 2.75) is 19.4 Å². The summed E-state index contributed by atoms with van der Waals surface area (Å²) >= 11 is 0.588. The van der Waals surface area contributed by atoms with Gasteiger partial charge in [0, 0.05) is 0 Å². The Balaban J connectivity index is 3.16. The second-order valence-electron chi connectivity index (χ2n) is 1.64. The molecule has 0 aliphatic rings. The molecule has 54 valence electrons. The van der Waals surface area contributed by atoms with Crippen LogP contribution in [-0.2, 0) is 4.74 Å². The summed E-state index contributed by atoms with van der Waals surface area (Å²) in [6.07, 6.45) is 0.143. The third kappa shape index (κ3) is 6.21. The van der Waals surface area contributed by atoms with Gasteiger partial charge in [-0.1, -0.05) is 0 Å². The third-order valence-electron chi connectivity index (χ3n) is 0.870. The fourth-order valence-electron chi connectivity index (χ4n) is 0.285. The van der Waals surface area contributed by atoms with E-state index in [9.17, 15) is 4.79 Å². The molecule has 3 nitrogen and oxygen atoms in total. The number of ether oxygens (including phenoxy) is 1. The predicted octanol–water partition coefficient (Wildman–Crippen LogP) is -0.205. The topological polar surface area (TPSA) is 46.5 Å². The summed E-state index contributed by atoms with van der Waals surface area (Å²) in [6.45, 7) is 1.98. The van der Waals surface area contributed by atoms with E-state index in [-0.39, 0.29) is 10.2 Å². The van der Waals surface area contributed by atoms with Crippen molar-refractivity contribution >= 4 is 28.7 Å². The molecule has 0 aromatic rings. The Labute approximate surface area is 69.5 Å². The first-order valence-corrected chi connectivity index (χ1v) is 4.44. The van der Waals surface area contributed by atoms with Gasteiger partial charge in [0.1, 0.15) is 0 Å². The summed E-state index contributed by atoms with van der Waals surface area (Å²) in [4.78, 5) is 10.2. The number of hydrogen-bond donors (Lipinski definition) is 1. The molecule has 1 unspecified atom stereocenters. The average molecular weight is 327 g/mol. The van der Waals surface area contributed by atoms with Crippen LogP contribution >= 0.6 is 0 Å². The molecule has 0 aliphatic carbocycles. The molecule has 1 atom stereocenters. The Hall–Kier alpha value is 0.326. The summed E-state index contributed by atoms with van der Waals surface area (Å²) < 4.78 is 4.32. The number of aliphatic hydroxyl groups is 1. The first kappa shape index (κ1) is 9.33. The van der Waals surface area contributed by atoms with Crippen molar-refractivity contribution in [2.75, 3.05) is 6.61 Å². The Morgan fingerprint density at radius 1 is 1.89 bits per heavy atom. The number of hydrogen-bond acceptors (Lipinski definition) is 3. The second kappa shape index (κ2) is 5.14. The Morgan fingerprint density at radius 3 is 2.78 bits per heavy atom. The maximum absolute atomic E-state index is 10.2. The zero-order valence-electron chi connectivity index (χ0n) is 5.20. The van der Waals surface area contributed by atoms with E-state index < -0.39 is 6.10 Å². The summed E-state index contributed by atoms with van der Waals surface area (Å²) in [6, 6.07) is 0. The molecule has 9 heavy (non-hydrogen) atoms. The van der Waals surface area contributed by atoms with Crippen molar-refractivity contribution in [1.29, 1.82) is 0 Å². The minimum absolute atomic E-state index is 0.145. The Bertz CT molecular complexity index is 94.2. The van der Waals surface area contributed by atoms with Crippen molar-refractivity contribution in [2.24, 2.45) is 0 Å². The summed E-state index contributed by atoms with van der Waals surface area (Å²) in [7, 11) is 0. The van der Waals surface area contributed by atoms with Crippen LogP contribution in [0.4, 0.5) is 4.79 Å². The van der Waals surface area contributed by atoms with Gasteiger partial charge in [0.25, 0.3) is 0 Å². The van der Waals surface area contributed by atoms with Gasteiger partial charge >= 0.3 is 69.4 Å². The normalized spacial score (nSPS) is 12.8. The molecule has 0 aromatic carbocycles. The van der Waals surface area contributed by atoms with Gasteiger partial charge < -0.3 is 0 Å². The Morgan fingerprint density at radius 2 is 2.44 bits per heavy atom. The zero-order valence-corrected chi connectivity index (χ0v) is 8.68. The number of carbonyl (C=O) groups excluding carboxylic acids is 1. The summed E-state index contributed by atoms with van der Waals surface area (Å²) in [5.41, 5.74) is 0. The van der Waals surface area contributed by atoms with Gasteiger partial charge in [0.15, 0.2) is 0 Å². The van der Waals surface area contributed by atoms with Crippen LogP contribution in [0.3, 0.4) is 0 Å². The van der Waals surface area contributed by atoms with E-state index in [1.807, 2.05) is 6.92 Å². The minimum atomic E-state index is -0.488. The van der Waals surface area contributed by atoms with E-state index in [0.717, 1.165) is 0 Å². The van der Waals surface area contributed by atoms with Gasteiger partial charge in [-0.25, -0.2) is 0 Å². The molecule has 0 heterocycles. The molecule has 1 N–H and O–H groups in total. The van der Waals surface area contributed by atoms with Crippen LogP contribution in [0.5, 0.6) is 0 Å². The number of rotatable bonds is 3. The van der Waals surface area contributed by atoms with Crippen LogP contribution in [0.15, 0.2) is 0 Å². The Kier molecular flexibility index (Phi) is 5.32. The molecule has 0 fully saturated rings. The van der Waals surface area contributed by atoms with E-state index in [1.54, 1.807) is 0 Å². The van der Waals surface area contributed by atoms with Gasteiger partial charge in [-0.2, -0.15) is 0 Å². The monoisotopic (exact) mass is 327 g/mol. The number of carbonyl (C=O) groups is 1. The fraction of sp³-hybridized carbons (Fsp3) is 0.800. The average Bonchev–Trinajstić information content (AvgIpc) is 1.83. The van der Waals surface area contributed by atoms with E-state index in [4.69, 9.17) is 5.11 Å². The van der Waals surface area contributed by atoms with Gasteiger partial charge in [-0.15, -0.1) is 0 Å². The van der Waals surface area contributed by atoms with Crippen molar-refractivity contribution in [3.63, 3.8) is 0 Å². The van der Waals surface area contributed by atoms with E-state index in [0.29, 0.717) is 31.5 Å². The standard InChI is InChI=1S/C5H9O3.Po.H/c1-2-5(7)3-8-4-6;;/h5,7H,2-3H2,1H3;;. The first-order valence-electron chi connectivity index (χ1n) is 2.70. The quantitative estimate of drug-likeness (QED) is 0.781. The molecule has 0 amide bonds. The van der Waals surface area contributed by atoms with Gasteiger partial charge in [-0.3, -0.25) is 0 Å². The molecule has 0 radical (unpaired) electrons. The van der Waals surface area contributed by atoms with Crippen molar-refractivity contribution in [3.8, 4) is 0 Å². The third-order valence-corrected chi connectivity index (χ3v) is 1.37. The van der Waals surface area contributed by atoms with E-state index >= 15 is 0 Å². The molecule has 4 heteroatoms. The molecule has 0 aromatic heterocycles. The van der Waals surface area contributed by atoms with Gasteiger partial charge in [0.05, 0.1) is 0 Å². The fourth-order valence-corrected chi connectivity index (χ4v) is 0.575. The maximum atomic E-state index is 10.2. The van der Waals surface area contributed by atoms with Crippen LogP contribution in [0.1, 0.15) is 13.3 Å². The molecule has 0 saturated heterocycles. The molecule has 0 aliphatic heterocycles. The predicted molar refractivity (Wildman–Crippen MR) is 34.8 cm³/mol. The van der Waals surface area contributed by atoms with Crippen molar-refractivity contribution in [3.05, 3.63) is 0 Å². The SMILES string of the molecule is CCC(O)CO[C](=O)[PoH]. The van der Waals surface area contributed by atoms with Gasteiger partial charge in [-0.05, 0) is 0 Å². The molecule has 0 spiro atoms. The van der Waals surface area contributed by atoms with Crippen LogP contribution in [0.2, 0.25) is 0 Å². The van der Waals surface area contributed by atoms with Crippen LogP contribution in [-0.4, -0.2) is 46.5 Å². The zero-order chi connectivity index (χ0) is 7.28. The second-order valence-corrected chi connectivity index (χ2v) is 3.06. The van der Waals surface area contributed by atoms with Gasteiger partial charge in [0.2, 0.25) is 0 Å². The summed E-state index contributed by atoms with van der Waals surface area (Å²) in [5, 5.41) is 8.84. The summed E-state index contributed by atoms with van der Waals surface area (Å²) in [5.74, 6) is 0. The molecular formula is C5H10O3Po. The number of aliphatic hydroxyl groups excluding tert-OH is 1. The molecule has 0 bridgehead atoms. The first-order chi connectivity index (χ1) is 4.16. The van der Waals surface area contributed by atoms with Crippen LogP contribution in [0, 0.1) is 0 Å². The van der Waals surface area contributed by atoms with E-state index in [1.165, 1.54) is 0 Å². The van der Waals surface area contributed by atoms with Crippen LogP contribution < -0.4 is 0 Å². The van der Waals surface area contributed by atoms with Crippen molar-refractivity contribution < 1.29 is 14.6 Å². The molecule has 0 saturated carbocycles. The van der Waals surface area contributed by atoms with Crippen molar-refractivity contribution in [1.82, 2.24) is 0 Å². The van der Waals surface area contributed by atoms with Crippen LogP contribution in [0.25, 0.3) is 0 Å².